The molecular formula is C26H25F2N3O2. The second-order valence-electron chi connectivity index (χ2n) is 8.40. The molecule has 1 fully saturated rings. The van der Waals surface area contributed by atoms with Crippen molar-refractivity contribution in [1.82, 2.24) is 9.88 Å². The summed E-state index contributed by atoms with van der Waals surface area (Å²) in [5.74, 6) is -2.28. The summed E-state index contributed by atoms with van der Waals surface area (Å²) in [5.41, 5.74) is 3.70. The fourth-order valence-electron chi connectivity index (χ4n) is 4.10. The Morgan fingerprint density at radius 1 is 0.939 bits per heavy atom. The topological polar surface area (TPSA) is 62.3 Å². The first-order valence-electron chi connectivity index (χ1n) is 10.9. The minimum Gasteiger partial charge on any atom is -0.339 e. The number of aryl methyl sites for hydroxylation is 2. The van der Waals surface area contributed by atoms with Crippen molar-refractivity contribution in [3.8, 4) is 0 Å². The maximum Gasteiger partial charge on any atom is 0.257 e. The zero-order chi connectivity index (χ0) is 23.5. The van der Waals surface area contributed by atoms with Crippen LogP contribution in [0.2, 0.25) is 0 Å². The van der Waals surface area contributed by atoms with E-state index in [0.717, 1.165) is 23.4 Å². The lowest BCUT2D eigenvalue weighted by atomic mass is 9.89. The predicted octanol–water partition coefficient (Wildman–Crippen LogP) is 5.25. The van der Waals surface area contributed by atoms with Crippen LogP contribution in [0.3, 0.4) is 0 Å². The normalized spacial score (nSPS) is 14.2. The maximum absolute atomic E-state index is 14.0. The van der Waals surface area contributed by atoms with Crippen molar-refractivity contribution < 1.29 is 18.4 Å². The van der Waals surface area contributed by atoms with Gasteiger partial charge in [0, 0.05) is 36.5 Å². The molecule has 2 heterocycles. The van der Waals surface area contributed by atoms with Crippen molar-refractivity contribution in [2.75, 3.05) is 18.4 Å². The molecule has 3 aromatic rings. The minimum atomic E-state index is -0.863. The summed E-state index contributed by atoms with van der Waals surface area (Å²) < 4.78 is 27.2. The van der Waals surface area contributed by atoms with Crippen LogP contribution >= 0.6 is 0 Å². The van der Waals surface area contributed by atoms with E-state index in [0.29, 0.717) is 42.9 Å². The number of hydrogen-bond acceptors (Lipinski definition) is 3. The van der Waals surface area contributed by atoms with Crippen LogP contribution in [0, 0.1) is 25.5 Å². The third kappa shape index (κ3) is 5.08. The van der Waals surface area contributed by atoms with Crippen molar-refractivity contribution in [2.24, 2.45) is 0 Å². The van der Waals surface area contributed by atoms with Crippen LogP contribution in [0.1, 0.15) is 56.4 Å². The first-order chi connectivity index (χ1) is 15.8. The molecule has 170 valence electrons. The number of halogens is 2. The number of pyridine rings is 1. The van der Waals surface area contributed by atoms with Gasteiger partial charge in [0.15, 0.2) is 0 Å². The average molecular weight is 450 g/mol. The number of aromatic nitrogens is 1. The molecule has 0 unspecified atom stereocenters. The van der Waals surface area contributed by atoms with Gasteiger partial charge in [0.25, 0.3) is 11.8 Å². The van der Waals surface area contributed by atoms with Gasteiger partial charge < -0.3 is 10.2 Å². The lowest BCUT2D eigenvalue weighted by molar-refractivity contribution is 0.0706. The first-order valence-corrected chi connectivity index (χ1v) is 10.9. The zero-order valence-electron chi connectivity index (χ0n) is 18.6. The van der Waals surface area contributed by atoms with Crippen LogP contribution in [0.4, 0.5) is 14.5 Å². The number of hydrogen-bond donors (Lipinski definition) is 1. The molecule has 0 radical (unpaired) electrons. The summed E-state index contributed by atoms with van der Waals surface area (Å²) in [6.45, 7) is 4.65. The van der Waals surface area contributed by atoms with E-state index < -0.39 is 17.5 Å². The van der Waals surface area contributed by atoms with E-state index in [9.17, 15) is 18.4 Å². The van der Waals surface area contributed by atoms with Gasteiger partial charge in [0.1, 0.15) is 11.6 Å². The molecule has 0 atom stereocenters. The number of likely N-dealkylation sites (tertiary alicyclic amines) is 1. The number of anilines is 1. The standard InChI is InChI=1S/C26H25F2N3O2/c1-16-3-7-20(8-4-16)30-25(32)22-9-5-17(2)29-24(22)18-11-13-31(14-12-18)26(33)21-10-6-19(27)15-23(21)28/h3-10,15,18H,11-14H2,1-2H3,(H,30,32). The van der Waals surface area contributed by atoms with Gasteiger partial charge >= 0.3 is 0 Å². The maximum atomic E-state index is 14.0. The molecule has 33 heavy (non-hydrogen) atoms. The first kappa shape index (κ1) is 22.6. The Balaban J connectivity index is 1.49. The fourth-order valence-corrected chi connectivity index (χ4v) is 4.10. The largest absolute Gasteiger partial charge is 0.339 e. The van der Waals surface area contributed by atoms with Gasteiger partial charge in [-0.25, -0.2) is 8.78 Å². The fraction of sp³-hybridized carbons (Fsp3) is 0.269. The summed E-state index contributed by atoms with van der Waals surface area (Å²) in [6, 6.07) is 14.1. The molecule has 4 rings (SSSR count). The van der Waals surface area contributed by atoms with E-state index in [1.807, 2.05) is 44.2 Å². The van der Waals surface area contributed by atoms with E-state index >= 15 is 0 Å². The third-order valence-electron chi connectivity index (χ3n) is 5.95. The average Bonchev–Trinajstić information content (AvgIpc) is 2.80. The van der Waals surface area contributed by atoms with Crippen molar-refractivity contribution in [3.05, 3.63) is 94.3 Å². The van der Waals surface area contributed by atoms with Crippen LogP contribution in [-0.4, -0.2) is 34.8 Å². The molecule has 0 spiro atoms. The molecule has 1 aromatic heterocycles. The number of rotatable bonds is 4. The Kier molecular flexibility index (Phi) is 6.49. The van der Waals surface area contributed by atoms with Crippen LogP contribution in [0.25, 0.3) is 0 Å². The summed E-state index contributed by atoms with van der Waals surface area (Å²) in [4.78, 5) is 31.9. The van der Waals surface area contributed by atoms with E-state index in [-0.39, 0.29) is 17.4 Å². The molecule has 1 aliphatic heterocycles. The Morgan fingerprint density at radius 2 is 1.61 bits per heavy atom. The highest BCUT2D eigenvalue weighted by Gasteiger charge is 2.29. The quantitative estimate of drug-likeness (QED) is 0.592. The molecule has 0 aliphatic carbocycles. The van der Waals surface area contributed by atoms with Gasteiger partial charge in [0.2, 0.25) is 0 Å². The predicted molar refractivity (Wildman–Crippen MR) is 122 cm³/mol. The molecule has 0 bridgehead atoms. The second kappa shape index (κ2) is 9.48. The van der Waals surface area contributed by atoms with Crippen molar-refractivity contribution >= 4 is 17.5 Å². The van der Waals surface area contributed by atoms with E-state index in [1.54, 1.807) is 11.0 Å². The van der Waals surface area contributed by atoms with Gasteiger partial charge in [-0.05, 0) is 63.1 Å². The van der Waals surface area contributed by atoms with Crippen LogP contribution in [0.15, 0.2) is 54.6 Å². The molecule has 1 aliphatic rings. The van der Waals surface area contributed by atoms with E-state index in [1.165, 1.54) is 6.07 Å². The molecule has 7 heteroatoms. The number of piperidine rings is 1. The van der Waals surface area contributed by atoms with Crippen LogP contribution < -0.4 is 5.32 Å². The van der Waals surface area contributed by atoms with Gasteiger partial charge in [-0.1, -0.05) is 17.7 Å². The van der Waals surface area contributed by atoms with Crippen molar-refractivity contribution in [2.45, 2.75) is 32.6 Å². The molecule has 5 nitrogen and oxygen atoms in total. The minimum absolute atomic E-state index is 0.00853. The number of carbonyl (C=O) groups is 2. The van der Waals surface area contributed by atoms with Crippen LogP contribution in [-0.2, 0) is 0 Å². The third-order valence-corrected chi connectivity index (χ3v) is 5.95. The number of carbonyl (C=O) groups excluding carboxylic acids is 2. The van der Waals surface area contributed by atoms with Crippen molar-refractivity contribution in [3.63, 3.8) is 0 Å². The van der Waals surface area contributed by atoms with E-state index in [2.05, 4.69) is 10.3 Å². The lowest BCUT2D eigenvalue weighted by Gasteiger charge is -2.32. The molecule has 2 amide bonds. The summed E-state index contributed by atoms with van der Waals surface area (Å²) in [7, 11) is 0. The zero-order valence-corrected chi connectivity index (χ0v) is 18.6. The monoisotopic (exact) mass is 449 g/mol. The van der Waals surface area contributed by atoms with Gasteiger partial charge in [-0.2, -0.15) is 0 Å². The Hall–Kier alpha value is -3.61. The summed E-state index contributed by atoms with van der Waals surface area (Å²) >= 11 is 0. The summed E-state index contributed by atoms with van der Waals surface area (Å²) in [5, 5.41) is 2.93. The van der Waals surface area contributed by atoms with Gasteiger partial charge in [0.05, 0.1) is 16.8 Å². The SMILES string of the molecule is Cc1ccc(NC(=O)c2ccc(C)nc2C2CCN(C(=O)c3ccc(F)cc3F)CC2)cc1. The Labute approximate surface area is 191 Å². The molecule has 2 aromatic carbocycles. The molecular weight excluding hydrogens is 424 g/mol. The molecule has 0 saturated carbocycles. The smallest absolute Gasteiger partial charge is 0.257 e. The molecule has 1 saturated heterocycles. The summed E-state index contributed by atoms with van der Waals surface area (Å²) in [6.07, 6.45) is 1.19. The molecule has 1 N–H and O–H groups in total. The van der Waals surface area contributed by atoms with Gasteiger partial charge in [-0.15, -0.1) is 0 Å². The number of nitrogens with one attached hydrogen (secondary N) is 1. The number of nitrogens with zero attached hydrogens (tertiary/aromatic N) is 2. The lowest BCUT2D eigenvalue weighted by Crippen LogP contribution is -2.38. The Morgan fingerprint density at radius 3 is 2.27 bits per heavy atom. The number of amides is 2. The second-order valence-corrected chi connectivity index (χ2v) is 8.40. The highest BCUT2D eigenvalue weighted by molar-refractivity contribution is 6.05. The highest BCUT2D eigenvalue weighted by Crippen LogP contribution is 2.31. The Bertz CT molecular complexity index is 1190. The number of benzene rings is 2. The van der Waals surface area contributed by atoms with Gasteiger partial charge in [-0.3, -0.25) is 14.6 Å². The van der Waals surface area contributed by atoms with E-state index in [4.69, 9.17) is 0 Å². The van der Waals surface area contributed by atoms with Crippen molar-refractivity contribution in [1.29, 1.82) is 0 Å². The van der Waals surface area contributed by atoms with Crippen LogP contribution in [0.5, 0.6) is 0 Å². The highest BCUT2D eigenvalue weighted by atomic mass is 19.1.